The van der Waals surface area contributed by atoms with E-state index < -0.39 is 0 Å². The van der Waals surface area contributed by atoms with Gasteiger partial charge in [-0.1, -0.05) is 36.9 Å². The van der Waals surface area contributed by atoms with Gasteiger partial charge in [0, 0.05) is 17.8 Å². The number of hydrogen-bond donors (Lipinski definition) is 2. The maximum Gasteiger partial charge on any atom is 0.256 e. The number of rotatable bonds is 6. The van der Waals surface area contributed by atoms with Crippen LogP contribution < -0.4 is 10.6 Å². The van der Waals surface area contributed by atoms with Crippen molar-refractivity contribution < 1.29 is 9.59 Å². The Bertz CT molecular complexity index is 933. The molecule has 0 atom stereocenters. The molecule has 26 heavy (non-hydrogen) atoms. The molecule has 0 aliphatic rings. The molecule has 3 aromatic rings. The van der Waals surface area contributed by atoms with Crippen LogP contribution in [-0.4, -0.2) is 11.8 Å². The van der Waals surface area contributed by atoms with Gasteiger partial charge in [0.25, 0.3) is 5.91 Å². The number of carbonyl (C=O) groups excluding carboxylic acids is 2. The summed E-state index contributed by atoms with van der Waals surface area (Å²) in [6.45, 7) is 3.69. The molecule has 0 saturated carbocycles. The van der Waals surface area contributed by atoms with Gasteiger partial charge in [-0.3, -0.25) is 9.59 Å². The fourth-order valence-electron chi connectivity index (χ4n) is 2.55. The smallest absolute Gasteiger partial charge is 0.256 e. The lowest BCUT2D eigenvalue weighted by Gasteiger charge is -2.11. The topological polar surface area (TPSA) is 58.2 Å². The van der Waals surface area contributed by atoms with Gasteiger partial charge in [-0.15, -0.1) is 0 Å². The molecular weight excluding hydrogens is 344 g/mol. The highest BCUT2D eigenvalue weighted by atomic mass is 32.1. The van der Waals surface area contributed by atoms with Crippen LogP contribution in [0.2, 0.25) is 0 Å². The molecule has 0 spiro atoms. The number of amides is 2. The number of nitrogens with one attached hydrogen (secondary N) is 2. The van der Waals surface area contributed by atoms with Gasteiger partial charge in [0.1, 0.15) is 0 Å². The van der Waals surface area contributed by atoms with E-state index in [1.54, 1.807) is 23.5 Å². The molecule has 2 aromatic carbocycles. The Morgan fingerprint density at radius 2 is 1.88 bits per heavy atom. The predicted octanol–water partition coefficient (Wildman–Crippen LogP) is 4.47. The van der Waals surface area contributed by atoms with Crippen molar-refractivity contribution in [1.29, 1.82) is 0 Å². The molecule has 3 rings (SSSR count). The third kappa shape index (κ3) is 4.26. The van der Waals surface area contributed by atoms with Crippen molar-refractivity contribution in [1.82, 2.24) is 5.32 Å². The average molecular weight is 362 g/mol. The third-order valence-corrected chi connectivity index (χ3v) is 4.56. The first-order valence-electron chi connectivity index (χ1n) is 8.09. The van der Waals surface area contributed by atoms with Crippen molar-refractivity contribution in [3.05, 3.63) is 89.1 Å². The minimum absolute atomic E-state index is 0.212. The third-order valence-electron chi connectivity index (χ3n) is 3.88. The van der Waals surface area contributed by atoms with E-state index in [1.807, 2.05) is 47.8 Å². The van der Waals surface area contributed by atoms with Crippen molar-refractivity contribution in [2.24, 2.45) is 0 Å². The lowest BCUT2D eigenvalue weighted by molar-refractivity contribution is -0.116. The molecule has 1 aromatic heterocycles. The average Bonchev–Trinajstić information content (AvgIpc) is 3.21. The van der Waals surface area contributed by atoms with Gasteiger partial charge in [0.05, 0.1) is 0 Å². The van der Waals surface area contributed by atoms with Crippen molar-refractivity contribution in [2.75, 3.05) is 5.32 Å². The quantitative estimate of drug-likeness (QED) is 0.636. The maximum absolute atomic E-state index is 12.7. The zero-order chi connectivity index (χ0) is 18.4. The second-order valence-electron chi connectivity index (χ2n) is 5.63. The summed E-state index contributed by atoms with van der Waals surface area (Å²) in [6, 6.07) is 17.0. The van der Waals surface area contributed by atoms with Gasteiger partial charge in [0.15, 0.2) is 0 Å². The number of anilines is 1. The molecule has 130 valence electrons. The summed E-state index contributed by atoms with van der Waals surface area (Å²) in [4.78, 5) is 24.1. The first-order valence-corrected chi connectivity index (χ1v) is 9.04. The Morgan fingerprint density at radius 3 is 2.65 bits per heavy atom. The summed E-state index contributed by atoms with van der Waals surface area (Å²) in [5, 5.41) is 9.72. The van der Waals surface area contributed by atoms with E-state index in [0.29, 0.717) is 5.56 Å². The van der Waals surface area contributed by atoms with Crippen LogP contribution in [-0.2, 0) is 11.3 Å². The molecule has 2 N–H and O–H groups in total. The lowest BCUT2D eigenvalue weighted by atomic mass is 10.1. The Morgan fingerprint density at radius 1 is 1.04 bits per heavy atom. The first-order chi connectivity index (χ1) is 12.7. The summed E-state index contributed by atoms with van der Waals surface area (Å²) >= 11 is 1.63. The molecule has 0 bridgehead atoms. The van der Waals surface area contributed by atoms with Gasteiger partial charge in [-0.05, 0) is 57.8 Å². The monoisotopic (exact) mass is 362 g/mol. The standard InChI is InChI=1S/C21H18N2O2S/c1-2-20(24)22-13-16-6-3-4-9-19(16)21(25)23-18-8-5-7-15(12-18)17-10-11-26-14-17/h2-12,14H,1,13H2,(H,22,24)(H,23,25). The molecule has 0 aliphatic heterocycles. The molecule has 1 heterocycles. The molecule has 0 aliphatic carbocycles. The van der Waals surface area contributed by atoms with E-state index in [2.05, 4.69) is 22.6 Å². The first kappa shape index (κ1) is 17.6. The summed E-state index contributed by atoms with van der Waals surface area (Å²) in [5.74, 6) is -0.486. The van der Waals surface area contributed by atoms with Crippen LogP contribution in [0, 0.1) is 0 Å². The normalized spacial score (nSPS) is 10.2. The van der Waals surface area contributed by atoms with Crippen LogP contribution in [0.15, 0.2) is 78.0 Å². The maximum atomic E-state index is 12.7. The molecule has 2 amide bonds. The zero-order valence-electron chi connectivity index (χ0n) is 14.1. The van der Waals surface area contributed by atoms with E-state index >= 15 is 0 Å². The van der Waals surface area contributed by atoms with Gasteiger partial charge in [0.2, 0.25) is 5.91 Å². The van der Waals surface area contributed by atoms with E-state index in [0.717, 1.165) is 22.4 Å². The fraction of sp³-hybridized carbons (Fsp3) is 0.0476. The highest BCUT2D eigenvalue weighted by Crippen LogP contribution is 2.25. The second-order valence-corrected chi connectivity index (χ2v) is 6.41. The van der Waals surface area contributed by atoms with Crippen molar-refractivity contribution in [2.45, 2.75) is 6.54 Å². The Hall–Kier alpha value is -3.18. The number of thiophene rings is 1. The summed E-state index contributed by atoms with van der Waals surface area (Å²) in [6.07, 6.45) is 1.21. The lowest BCUT2D eigenvalue weighted by Crippen LogP contribution is -2.22. The van der Waals surface area contributed by atoms with Crippen molar-refractivity contribution in [3.63, 3.8) is 0 Å². The Balaban J connectivity index is 1.77. The van der Waals surface area contributed by atoms with Gasteiger partial charge in [-0.2, -0.15) is 11.3 Å². The zero-order valence-corrected chi connectivity index (χ0v) is 14.9. The molecule has 0 saturated heterocycles. The molecule has 4 nitrogen and oxygen atoms in total. The van der Waals surface area contributed by atoms with Crippen LogP contribution in [0.4, 0.5) is 5.69 Å². The largest absolute Gasteiger partial charge is 0.348 e. The van der Waals surface area contributed by atoms with Crippen molar-refractivity contribution in [3.8, 4) is 11.1 Å². The predicted molar refractivity (Wildman–Crippen MR) is 106 cm³/mol. The van der Waals surface area contributed by atoms with Crippen LogP contribution in [0.25, 0.3) is 11.1 Å². The SMILES string of the molecule is C=CC(=O)NCc1ccccc1C(=O)Nc1cccc(-c2ccsc2)c1. The van der Waals surface area contributed by atoms with Crippen LogP contribution in [0.1, 0.15) is 15.9 Å². The highest BCUT2D eigenvalue weighted by molar-refractivity contribution is 7.08. The molecule has 0 radical (unpaired) electrons. The van der Waals surface area contributed by atoms with Gasteiger partial charge in [-0.25, -0.2) is 0 Å². The number of benzene rings is 2. The molecular formula is C21H18N2O2S. The van der Waals surface area contributed by atoms with E-state index in [-0.39, 0.29) is 18.4 Å². The summed E-state index contributed by atoms with van der Waals surface area (Å²) in [7, 11) is 0. The van der Waals surface area contributed by atoms with Gasteiger partial charge >= 0.3 is 0 Å². The van der Waals surface area contributed by atoms with Crippen LogP contribution in [0.5, 0.6) is 0 Å². The van der Waals surface area contributed by atoms with E-state index in [1.165, 1.54) is 6.08 Å². The van der Waals surface area contributed by atoms with E-state index in [9.17, 15) is 9.59 Å². The second kappa shape index (κ2) is 8.27. The fourth-order valence-corrected chi connectivity index (χ4v) is 3.22. The van der Waals surface area contributed by atoms with Gasteiger partial charge < -0.3 is 10.6 Å². The molecule has 0 fully saturated rings. The van der Waals surface area contributed by atoms with E-state index in [4.69, 9.17) is 0 Å². The van der Waals surface area contributed by atoms with Crippen LogP contribution in [0.3, 0.4) is 0 Å². The summed E-state index contributed by atoms with van der Waals surface area (Å²) in [5.41, 5.74) is 4.17. The number of hydrogen-bond acceptors (Lipinski definition) is 3. The molecule has 0 unspecified atom stereocenters. The Labute approximate surface area is 156 Å². The number of carbonyl (C=O) groups is 2. The molecule has 5 heteroatoms. The summed E-state index contributed by atoms with van der Waals surface area (Å²) < 4.78 is 0. The minimum Gasteiger partial charge on any atom is -0.348 e. The highest BCUT2D eigenvalue weighted by Gasteiger charge is 2.12. The van der Waals surface area contributed by atoms with Crippen LogP contribution >= 0.6 is 11.3 Å². The minimum atomic E-state index is -0.274. The van der Waals surface area contributed by atoms with Crippen molar-refractivity contribution >= 4 is 28.8 Å². The Kier molecular flexibility index (Phi) is 5.61.